The summed E-state index contributed by atoms with van der Waals surface area (Å²) >= 11 is 0. The van der Waals surface area contributed by atoms with E-state index >= 15 is 0 Å². The van der Waals surface area contributed by atoms with E-state index in [1.165, 1.54) is 13.2 Å². The standard InChI is InChI=1S/C22H26O11/c1-31-16-6-10(2-4-12(16)24)3-5-13(25)18-14(26)7-11(8-15(18)27)32-22-21(30)20(29)19(28)17(9-23)33-22/h2,4,6-8,17,19-24,26-30H,3,5,9H2,1H3. The molecule has 1 aliphatic heterocycles. The van der Waals surface area contributed by atoms with Gasteiger partial charge in [0.15, 0.2) is 17.3 Å². The molecule has 11 nitrogen and oxygen atoms in total. The maximum atomic E-state index is 12.6. The Hall–Kier alpha value is -3.09. The van der Waals surface area contributed by atoms with Gasteiger partial charge in [-0.2, -0.15) is 0 Å². The molecule has 180 valence electrons. The molecule has 1 saturated heterocycles. The number of hydrogen-bond acceptors (Lipinski definition) is 11. The minimum Gasteiger partial charge on any atom is -0.507 e. The van der Waals surface area contributed by atoms with Gasteiger partial charge < -0.3 is 50.0 Å². The predicted molar refractivity (Wildman–Crippen MR) is 111 cm³/mol. The monoisotopic (exact) mass is 466 g/mol. The highest BCUT2D eigenvalue weighted by Gasteiger charge is 2.44. The molecular weight excluding hydrogens is 440 g/mol. The molecule has 7 N–H and O–H groups in total. The molecule has 2 aromatic carbocycles. The van der Waals surface area contributed by atoms with Crippen LogP contribution in [-0.2, 0) is 11.2 Å². The second-order valence-corrected chi connectivity index (χ2v) is 7.58. The zero-order valence-corrected chi connectivity index (χ0v) is 17.7. The van der Waals surface area contributed by atoms with E-state index in [4.69, 9.17) is 14.2 Å². The fourth-order valence-corrected chi connectivity index (χ4v) is 3.50. The van der Waals surface area contributed by atoms with Crippen LogP contribution in [0, 0.1) is 0 Å². The van der Waals surface area contributed by atoms with Crippen molar-refractivity contribution in [2.45, 2.75) is 43.5 Å². The first-order chi connectivity index (χ1) is 15.7. The van der Waals surface area contributed by atoms with Crippen molar-refractivity contribution < 1.29 is 54.8 Å². The number of methoxy groups -OCH3 is 1. The number of carbonyl (C=O) groups is 1. The fraction of sp³-hybridized carbons (Fsp3) is 0.409. The molecular formula is C22H26O11. The minimum absolute atomic E-state index is 0.0437. The van der Waals surface area contributed by atoms with Crippen LogP contribution in [-0.4, -0.2) is 86.0 Å². The number of hydrogen-bond donors (Lipinski definition) is 7. The highest BCUT2D eigenvalue weighted by atomic mass is 16.7. The van der Waals surface area contributed by atoms with Gasteiger partial charge in [0.05, 0.1) is 13.7 Å². The number of rotatable bonds is 8. The summed E-state index contributed by atoms with van der Waals surface area (Å²) in [6, 6.07) is 6.66. The minimum atomic E-state index is -1.68. The number of ether oxygens (including phenoxy) is 3. The summed E-state index contributed by atoms with van der Waals surface area (Å²) in [6.45, 7) is -0.651. The number of phenols is 3. The van der Waals surface area contributed by atoms with E-state index in [1.54, 1.807) is 12.1 Å². The molecule has 0 radical (unpaired) electrons. The SMILES string of the molecule is COc1cc(CCC(=O)c2c(O)cc(OC3OC(CO)C(O)C(O)C3O)cc2O)ccc1O. The zero-order valence-electron chi connectivity index (χ0n) is 17.7. The molecule has 3 rings (SSSR count). The Balaban J connectivity index is 1.71. The van der Waals surface area contributed by atoms with E-state index in [2.05, 4.69) is 0 Å². The van der Waals surface area contributed by atoms with Gasteiger partial charge in [-0.1, -0.05) is 6.07 Å². The van der Waals surface area contributed by atoms with Crippen LogP contribution in [0.25, 0.3) is 0 Å². The molecule has 0 bridgehead atoms. The van der Waals surface area contributed by atoms with Crippen molar-refractivity contribution in [2.75, 3.05) is 13.7 Å². The second-order valence-electron chi connectivity index (χ2n) is 7.58. The first kappa shape index (κ1) is 24.6. The molecule has 1 aliphatic rings. The molecule has 0 amide bonds. The molecule has 0 aromatic heterocycles. The van der Waals surface area contributed by atoms with Crippen molar-refractivity contribution >= 4 is 5.78 Å². The maximum Gasteiger partial charge on any atom is 0.229 e. The van der Waals surface area contributed by atoms with Crippen LogP contribution in [0.3, 0.4) is 0 Å². The number of aromatic hydroxyl groups is 3. The fourth-order valence-electron chi connectivity index (χ4n) is 3.50. The van der Waals surface area contributed by atoms with Gasteiger partial charge in [0, 0.05) is 18.6 Å². The van der Waals surface area contributed by atoms with E-state index in [-0.39, 0.29) is 35.7 Å². The Morgan fingerprint density at radius 1 is 0.970 bits per heavy atom. The number of carbonyl (C=O) groups excluding carboxylic acids is 1. The molecule has 0 saturated carbocycles. The highest BCUT2D eigenvalue weighted by Crippen LogP contribution is 2.35. The van der Waals surface area contributed by atoms with Crippen LogP contribution in [0.5, 0.6) is 28.7 Å². The Kier molecular flexibility index (Phi) is 7.61. The molecule has 5 atom stereocenters. The van der Waals surface area contributed by atoms with Gasteiger partial charge in [0.2, 0.25) is 6.29 Å². The third-order valence-corrected chi connectivity index (χ3v) is 5.33. The lowest BCUT2D eigenvalue weighted by atomic mass is 9.99. The summed E-state index contributed by atoms with van der Waals surface area (Å²) in [5.74, 6) is -1.70. The zero-order chi connectivity index (χ0) is 24.3. The molecule has 2 aromatic rings. The second kappa shape index (κ2) is 10.2. The lowest BCUT2D eigenvalue weighted by Gasteiger charge is -2.39. The van der Waals surface area contributed by atoms with E-state index in [0.717, 1.165) is 12.1 Å². The summed E-state index contributed by atoms with van der Waals surface area (Å²) in [6.07, 6.45) is -7.46. The number of phenolic OH excluding ortho intramolecular Hbond substituents is 3. The third-order valence-electron chi connectivity index (χ3n) is 5.33. The topological polar surface area (TPSA) is 186 Å². The molecule has 0 spiro atoms. The van der Waals surface area contributed by atoms with Gasteiger partial charge in [-0.05, 0) is 24.1 Å². The van der Waals surface area contributed by atoms with E-state index in [0.29, 0.717) is 5.56 Å². The normalized spacial score (nSPS) is 24.9. The average molecular weight is 466 g/mol. The predicted octanol–water partition coefficient (Wildman–Crippen LogP) is -0.194. The first-order valence-corrected chi connectivity index (χ1v) is 10.1. The van der Waals surface area contributed by atoms with Crippen LogP contribution in [0.1, 0.15) is 22.3 Å². The quantitative estimate of drug-likeness (QED) is 0.256. The number of Topliss-reactive ketones (excluding diaryl/α,β-unsaturated/α-hetero) is 1. The summed E-state index contributed by atoms with van der Waals surface area (Å²) in [5, 5.41) is 69.2. The largest absolute Gasteiger partial charge is 0.507 e. The van der Waals surface area contributed by atoms with E-state index in [1.807, 2.05) is 0 Å². The third kappa shape index (κ3) is 5.29. The number of aliphatic hydroxyl groups excluding tert-OH is 4. The molecule has 33 heavy (non-hydrogen) atoms. The summed E-state index contributed by atoms with van der Waals surface area (Å²) < 4.78 is 15.6. The Labute approximate surface area is 188 Å². The van der Waals surface area contributed by atoms with Gasteiger partial charge in [-0.3, -0.25) is 4.79 Å². The van der Waals surface area contributed by atoms with Gasteiger partial charge in [-0.15, -0.1) is 0 Å². The molecule has 11 heteroatoms. The van der Waals surface area contributed by atoms with Crippen molar-refractivity contribution in [1.29, 1.82) is 0 Å². The van der Waals surface area contributed by atoms with Crippen LogP contribution >= 0.6 is 0 Å². The van der Waals surface area contributed by atoms with Crippen molar-refractivity contribution in [2.24, 2.45) is 0 Å². The highest BCUT2D eigenvalue weighted by molar-refractivity contribution is 6.01. The Morgan fingerprint density at radius 2 is 1.64 bits per heavy atom. The molecule has 5 unspecified atom stereocenters. The van der Waals surface area contributed by atoms with Gasteiger partial charge in [0.25, 0.3) is 0 Å². The van der Waals surface area contributed by atoms with Gasteiger partial charge >= 0.3 is 0 Å². The first-order valence-electron chi connectivity index (χ1n) is 10.1. The summed E-state index contributed by atoms with van der Waals surface area (Å²) in [5.41, 5.74) is 0.362. The van der Waals surface area contributed by atoms with E-state index in [9.17, 15) is 40.5 Å². The average Bonchev–Trinajstić information content (AvgIpc) is 2.78. The number of benzene rings is 2. The van der Waals surface area contributed by atoms with Gasteiger partial charge in [-0.25, -0.2) is 0 Å². The van der Waals surface area contributed by atoms with Crippen LogP contribution in [0.15, 0.2) is 30.3 Å². The van der Waals surface area contributed by atoms with Crippen molar-refractivity contribution in [3.8, 4) is 28.7 Å². The van der Waals surface area contributed by atoms with Crippen molar-refractivity contribution in [3.05, 3.63) is 41.5 Å². The van der Waals surface area contributed by atoms with Crippen molar-refractivity contribution in [1.82, 2.24) is 0 Å². The molecule has 1 fully saturated rings. The maximum absolute atomic E-state index is 12.6. The Bertz CT molecular complexity index is 967. The summed E-state index contributed by atoms with van der Waals surface area (Å²) in [7, 11) is 1.40. The molecule has 1 heterocycles. The lowest BCUT2D eigenvalue weighted by molar-refractivity contribution is -0.277. The summed E-state index contributed by atoms with van der Waals surface area (Å²) in [4.78, 5) is 12.6. The number of aliphatic hydroxyl groups is 4. The molecule has 0 aliphatic carbocycles. The lowest BCUT2D eigenvalue weighted by Crippen LogP contribution is -2.60. The van der Waals surface area contributed by atoms with Crippen LogP contribution in [0.4, 0.5) is 0 Å². The van der Waals surface area contributed by atoms with E-state index < -0.39 is 54.6 Å². The smallest absolute Gasteiger partial charge is 0.229 e. The van der Waals surface area contributed by atoms with Gasteiger partial charge in [0.1, 0.15) is 47.2 Å². The Morgan fingerprint density at radius 3 is 2.24 bits per heavy atom. The van der Waals surface area contributed by atoms with Crippen molar-refractivity contribution in [3.63, 3.8) is 0 Å². The number of ketones is 1. The van der Waals surface area contributed by atoms with Crippen LogP contribution < -0.4 is 9.47 Å². The number of aryl methyl sites for hydroxylation is 1. The van der Waals surface area contributed by atoms with Crippen LogP contribution in [0.2, 0.25) is 0 Å².